The highest BCUT2D eigenvalue weighted by Gasteiger charge is 2.10. The van der Waals surface area contributed by atoms with E-state index in [1.807, 2.05) is 30.1 Å². The molecule has 1 heterocycles. The van der Waals surface area contributed by atoms with Gasteiger partial charge in [-0.3, -0.25) is 4.79 Å². The molecule has 1 aromatic heterocycles. The first-order valence-electron chi connectivity index (χ1n) is 4.83. The minimum atomic E-state index is -0.00935. The highest BCUT2D eigenvalue weighted by molar-refractivity contribution is 7.07. The Hall–Kier alpha value is -0.900. The molecule has 78 valence electrons. The van der Waals surface area contributed by atoms with Crippen molar-refractivity contribution in [1.82, 2.24) is 4.57 Å². The number of carbonyl (C=O) groups excluding carboxylic acids is 1. The van der Waals surface area contributed by atoms with Crippen LogP contribution >= 0.6 is 11.3 Å². The summed E-state index contributed by atoms with van der Waals surface area (Å²) in [6, 6.07) is 0. The predicted molar refractivity (Wildman–Crippen MR) is 57.9 cm³/mol. The molecule has 0 aliphatic carbocycles. The van der Waals surface area contributed by atoms with E-state index in [4.69, 9.17) is 0 Å². The number of aromatic nitrogens is 1. The van der Waals surface area contributed by atoms with Crippen molar-refractivity contribution < 1.29 is 4.79 Å². The average molecular weight is 212 g/mol. The third kappa shape index (κ3) is 2.80. The second kappa shape index (κ2) is 5.10. The molecule has 1 aromatic rings. The monoisotopic (exact) mass is 212 g/mol. The van der Waals surface area contributed by atoms with Crippen molar-refractivity contribution in [3.8, 4) is 0 Å². The smallest absolute Gasteiger partial charge is 0.251 e. The number of amides is 1. The van der Waals surface area contributed by atoms with E-state index in [0.717, 1.165) is 17.6 Å². The van der Waals surface area contributed by atoms with Crippen molar-refractivity contribution in [3.63, 3.8) is 0 Å². The number of nitrogens with zero attached hydrogens (tertiary/aromatic N) is 2. The van der Waals surface area contributed by atoms with Crippen LogP contribution in [0.4, 0.5) is 0 Å². The minimum absolute atomic E-state index is 0.00935. The Morgan fingerprint density at radius 3 is 2.93 bits per heavy atom. The van der Waals surface area contributed by atoms with E-state index in [1.165, 1.54) is 11.3 Å². The van der Waals surface area contributed by atoms with Crippen molar-refractivity contribution in [2.45, 2.75) is 26.7 Å². The molecule has 4 heteroatoms. The predicted octanol–water partition coefficient (Wildman–Crippen LogP) is 1.95. The molecule has 0 bridgehead atoms. The molecule has 0 radical (unpaired) electrons. The Morgan fingerprint density at radius 1 is 1.71 bits per heavy atom. The van der Waals surface area contributed by atoms with Gasteiger partial charge in [0.15, 0.2) is 4.80 Å². The van der Waals surface area contributed by atoms with Gasteiger partial charge in [-0.1, -0.05) is 20.3 Å². The van der Waals surface area contributed by atoms with Crippen LogP contribution < -0.4 is 4.80 Å². The maximum Gasteiger partial charge on any atom is 0.251 e. The van der Waals surface area contributed by atoms with Gasteiger partial charge in [0.2, 0.25) is 0 Å². The quantitative estimate of drug-likeness (QED) is 0.754. The number of carbonyl (C=O) groups is 1. The van der Waals surface area contributed by atoms with Gasteiger partial charge >= 0.3 is 0 Å². The third-order valence-electron chi connectivity index (χ3n) is 2.11. The Bertz CT molecular complexity index is 364. The van der Waals surface area contributed by atoms with Crippen LogP contribution in [0, 0.1) is 5.92 Å². The molecular weight excluding hydrogens is 196 g/mol. The van der Waals surface area contributed by atoms with Gasteiger partial charge in [-0.2, -0.15) is 4.99 Å². The van der Waals surface area contributed by atoms with Crippen molar-refractivity contribution in [2.24, 2.45) is 18.0 Å². The zero-order valence-electron chi connectivity index (χ0n) is 8.86. The summed E-state index contributed by atoms with van der Waals surface area (Å²) in [5, 5.41) is 1.93. The Balaban J connectivity index is 2.78. The molecule has 0 saturated heterocycles. The molecule has 1 atom stereocenters. The molecule has 3 nitrogen and oxygen atoms in total. The van der Waals surface area contributed by atoms with E-state index in [0.29, 0.717) is 0 Å². The first kappa shape index (κ1) is 11.2. The number of rotatable bonds is 3. The first-order valence-corrected chi connectivity index (χ1v) is 5.71. The van der Waals surface area contributed by atoms with E-state index in [9.17, 15) is 4.79 Å². The molecule has 1 amide bonds. The van der Waals surface area contributed by atoms with Crippen molar-refractivity contribution in [2.75, 3.05) is 0 Å². The summed E-state index contributed by atoms with van der Waals surface area (Å²) in [6.45, 7) is 4.01. The van der Waals surface area contributed by atoms with Crippen LogP contribution in [0.15, 0.2) is 16.6 Å². The van der Waals surface area contributed by atoms with E-state index in [1.54, 1.807) is 0 Å². The Morgan fingerprint density at radius 2 is 2.43 bits per heavy atom. The molecule has 0 fully saturated rings. The van der Waals surface area contributed by atoms with E-state index >= 15 is 0 Å². The lowest BCUT2D eigenvalue weighted by molar-refractivity contribution is -0.121. The van der Waals surface area contributed by atoms with Crippen LogP contribution in [-0.2, 0) is 11.8 Å². The van der Waals surface area contributed by atoms with Crippen LogP contribution in [0.25, 0.3) is 0 Å². The first-order chi connectivity index (χ1) is 6.65. The normalized spacial score (nSPS) is 14.4. The summed E-state index contributed by atoms with van der Waals surface area (Å²) in [4.78, 5) is 16.4. The van der Waals surface area contributed by atoms with Crippen molar-refractivity contribution in [1.29, 1.82) is 0 Å². The average Bonchev–Trinajstić information content (AvgIpc) is 2.52. The van der Waals surface area contributed by atoms with Gasteiger partial charge in [-0.25, -0.2) is 0 Å². The lowest BCUT2D eigenvalue weighted by Gasteiger charge is -2.02. The van der Waals surface area contributed by atoms with Crippen molar-refractivity contribution >= 4 is 17.2 Å². The Kier molecular flexibility index (Phi) is 4.07. The SMILES string of the molecule is CCC[C@@H](C)C(=O)N=c1sccn1C. The summed E-state index contributed by atoms with van der Waals surface area (Å²) in [6.07, 6.45) is 3.84. The fraction of sp³-hybridized carbons (Fsp3) is 0.600. The molecule has 0 aliphatic heterocycles. The van der Waals surface area contributed by atoms with Gasteiger partial charge in [-0.05, 0) is 6.42 Å². The van der Waals surface area contributed by atoms with E-state index in [-0.39, 0.29) is 11.8 Å². The molecule has 0 spiro atoms. The summed E-state index contributed by atoms with van der Waals surface area (Å²) < 4.78 is 1.86. The lowest BCUT2D eigenvalue weighted by Crippen LogP contribution is -2.16. The van der Waals surface area contributed by atoms with Crippen LogP contribution in [0.5, 0.6) is 0 Å². The topological polar surface area (TPSA) is 34.4 Å². The van der Waals surface area contributed by atoms with E-state index in [2.05, 4.69) is 11.9 Å². The summed E-state index contributed by atoms with van der Waals surface area (Å²) >= 11 is 1.49. The van der Waals surface area contributed by atoms with Gasteiger partial charge in [0.25, 0.3) is 5.91 Å². The summed E-state index contributed by atoms with van der Waals surface area (Å²) in [7, 11) is 1.90. The molecule has 1 rings (SSSR count). The standard InChI is InChI=1S/C10H16N2OS/c1-4-5-8(2)9(13)11-10-12(3)6-7-14-10/h6-8H,4-5H2,1-3H3/t8-/m1/s1. The van der Waals surface area contributed by atoms with Crippen LogP contribution in [0.3, 0.4) is 0 Å². The third-order valence-corrected chi connectivity index (χ3v) is 2.96. The van der Waals surface area contributed by atoms with Crippen LogP contribution in [-0.4, -0.2) is 10.5 Å². The highest BCUT2D eigenvalue weighted by Crippen LogP contribution is 2.06. The van der Waals surface area contributed by atoms with Gasteiger partial charge in [0, 0.05) is 24.5 Å². The molecule has 0 N–H and O–H groups in total. The molecule has 0 unspecified atom stereocenters. The molecular formula is C10H16N2OS. The Labute approximate surface area is 88.1 Å². The molecule has 0 aromatic carbocycles. The number of hydrogen-bond acceptors (Lipinski definition) is 2. The molecule has 0 saturated carbocycles. The number of aryl methyl sites for hydroxylation is 1. The maximum atomic E-state index is 11.6. The maximum absolute atomic E-state index is 11.6. The van der Waals surface area contributed by atoms with Gasteiger partial charge in [0.1, 0.15) is 0 Å². The highest BCUT2D eigenvalue weighted by atomic mass is 32.1. The second-order valence-electron chi connectivity index (χ2n) is 3.44. The number of thiazole rings is 1. The largest absolute Gasteiger partial charge is 0.327 e. The number of hydrogen-bond donors (Lipinski definition) is 0. The summed E-state index contributed by atoms with van der Waals surface area (Å²) in [5.41, 5.74) is 0. The fourth-order valence-corrected chi connectivity index (χ4v) is 1.93. The van der Waals surface area contributed by atoms with Crippen LogP contribution in [0.2, 0.25) is 0 Å². The molecule has 0 aliphatic rings. The van der Waals surface area contributed by atoms with Gasteiger partial charge in [0.05, 0.1) is 0 Å². The second-order valence-corrected chi connectivity index (χ2v) is 4.31. The zero-order valence-corrected chi connectivity index (χ0v) is 9.67. The fourth-order valence-electron chi connectivity index (χ4n) is 1.20. The molecule has 14 heavy (non-hydrogen) atoms. The van der Waals surface area contributed by atoms with Gasteiger partial charge in [-0.15, -0.1) is 11.3 Å². The lowest BCUT2D eigenvalue weighted by atomic mass is 10.1. The van der Waals surface area contributed by atoms with Crippen molar-refractivity contribution in [3.05, 3.63) is 16.4 Å². The zero-order chi connectivity index (χ0) is 10.6. The van der Waals surface area contributed by atoms with E-state index < -0.39 is 0 Å². The van der Waals surface area contributed by atoms with Crippen LogP contribution in [0.1, 0.15) is 26.7 Å². The summed E-state index contributed by atoms with van der Waals surface area (Å²) in [5.74, 6) is 0.0343. The minimum Gasteiger partial charge on any atom is -0.327 e. The van der Waals surface area contributed by atoms with Gasteiger partial charge < -0.3 is 4.57 Å².